The van der Waals surface area contributed by atoms with Crippen LogP contribution in [0.5, 0.6) is 0 Å². The first-order chi connectivity index (χ1) is 6.16. The number of benzene rings is 1. The molecule has 0 heterocycles. The van der Waals surface area contributed by atoms with Gasteiger partial charge >= 0.3 is 0 Å². The average Bonchev–Trinajstić information content (AvgIpc) is 2.04. The maximum absolute atomic E-state index is 13.3. The molecule has 0 saturated heterocycles. The minimum absolute atomic E-state index is 0. The number of hydrogen-bond acceptors (Lipinski definition) is 1. The van der Waals surface area contributed by atoms with Crippen molar-refractivity contribution in [2.75, 3.05) is 0 Å². The Labute approximate surface area is 98.4 Å². The van der Waals surface area contributed by atoms with E-state index in [1.165, 1.54) is 6.07 Å². The van der Waals surface area contributed by atoms with Crippen LogP contribution in [0.15, 0.2) is 22.7 Å². The van der Waals surface area contributed by atoms with Crippen LogP contribution in [0.3, 0.4) is 0 Å². The largest absolute Gasteiger partial charge is 0.324 e. The van der Waals surface area contributed by atoms with E-state index < -0.39 is 0 Å². The van der Waals surface area contributed by atoms with E-state index in [1.807, 2.05) is 13.0 Å². The molecule has 0 unspecified atom stereocenters. The van der Waals surface area contributed by atoms with Crippen molar-refractivity contribution < 1.29 is 4.39 Å². The van der Waals surface area contributed by atoms with Crippen molar-refractivity contribution in [3.8, 4) is 0 Å². The summed E-state index contributed by atoms with van der Waals surface area (Å²) >= 11 is 3.30. The van der Waals surface area contributed by atoms with E-state index in [4.69, 9.17) is 5.73 Å². The molecule has 1 nitrogen and oxygen atoms in total. The Bertz CT molecular complexity index is 273. The van der Waals surface area contributed by atoms with E-state index in [1.54, 1.807) is 6.07 Å². The van der Waals surface area contributed by atoms with Gasteiger partial charge in [-0.05, 0) is 18.6 Å². The van der Waals surface area contributed by atoms with Crippen molar-refractivity contribution in [1.29, 1.82) is 0 Å². The summed E-state index contributed by atoms with van der Waals surface area (Å²) in [6, 6.07) is 4.71. The molecular formula is C10H14BrClFN. The number of hydrogen-bond donors (Lipinski definition) is 1. The molecule has 0 amide bonds. The first-order valence-corrected chi connectivity index (χ1v) is 5.15. The predicted octanol–water partition coefficient (Wildman–Crippen LogP) is 3.81. The molecule has 1 aromatic rings. The third-order valence-corrected chi connectivity index (χ3v) is 2.66. The Morgan fingerprint density at radius 1 is 1.50 bits per heavy atom. The minimum atomic E-state index is -0.227. The van der Waals surface area contributed by atoms with E-state index >= 15 is 0 Å². The lowest BCUT2D eigenvalue weighted by molar-refractivity contribution is 0.557. The fraction of sp³-hybridized carbons (Fsp3) is 0.400. The summed E-state index contributed by atoms with van der Waals surface area (Å²) in [5.74, 6) is -0.227. The van der Waals surface area contributed by atoms with Crippen molar-refractivity contribution in [1.82, 2.24) is 0 Å². The van der Waals surface area contributed by atoms with Crippen molar-refractivity contribution in [3.05, 3.63) is 34.1 Å². The van der Waals surface area contributed by atoms with Crippen LogP contribution < -0.4 is 5.73 Å². The number of nitrogens with two attached hydrogens (primary N) is 1. The lowest BCUT2D eigenvalue weighted by Crippen LogP contribution is -2.12. The lowest BCUT2D eigenvalue weighted by Gasteiger charge is -2.13. The summed E-state index contributed by atoms with van der Waals surface area (Å²) in [5.41, 5.74) is 6.42. The van der Waals surface area contributed by atoms with Crippen molar-refractivity contribution in [2.45, 2.75) is 25.8 Å². The molecule has 0 fully saturated rings. The lowest BCUT2D eigenvalue weighted by atomic mass is 10.0. The molecule has 0 aliphatic rings. The molecule has 2 N–H and O–H groups in total. The van der Waals surface area contributed by atoms with E-state index in [-0.39, 0.29) is 24.3 Å². The van der Waals surface area contributed by atoms with Gasteiger partial charge in [0, 0.05) is 16.1 Å². The third kappa shape index (κ3) is 3.23. The van der Waals surface area contributed by atoms with Gasteiger partial charge in [0.2, 0.25) is 0 Å². The molecule has 0 spiro atoms. The van der Waals surface area contributed by atoms with Crippen molar-refractivity contribution >= 4 is 28.3 Å². The maximum atomic E-state index is 13.3. The second kappa shape index (κ2) is 6.38. The fourth-order valence-corrected chi connectivity index (χ4v) is 1.96. The van der Waals surface area contributed by atoms with E-state index in [2.05, 4.69) is 15.9 Å². The molecule has 1 atom stereocenters. The van der Waals surface area contributed by atoms with Crippen LogP contribution >= 0.6 is 28.3 Å². The standard InChI is InChI=1S/C10H13BrFN.ClH/c1-2-4-9(13)10-7(11)5-3-6-8(10)12;/h3,5-6,9H,2,4,13H2,1H3;1H/t9-;/m0./s1. The summed E-state index contributed by atoms with van der Waals surface area (Å²) in [6.45, 7) is 2.04. The average molecular weight is 283 g/mol. The van der Waals surface area contributed by atoms with Crippen LogP contribution in [0.2, 0.25) is 0 Å². The Kier molecular flexibility index (Phi) is 6.33. The molecule has 0 radical (unpaired) electrons. The van der Waals surface area contributed by atoms with Gasteiger partial charge in [0.15, 0.2) is 0 Å². The Balaban J connectivity index is 0.00000169. The van der Waals surface area contributed by atoms with Crippen LogP contribution in [0.4, 0.5) is 4.39 Å². The number of rotatable bonds is 3. The normalized spacial score (nSPS) is 12.0. The third-order valence-electron chi connectivity index (χ3n) is 1.97. The van der Waals surface area contributed by atoms with Crippen molar-refractivity contribution in [3.63, 3.8) is 0 Å². The molecular weight excluding hydrogens is 268 g/mol. The molecule has 1 aromatic carbocycles. The van der Waals surface area contributed by atoms with Crippen LogP contribution in [0.1, 0.15) is 31.4 Å². The van der Waals surface area contributed by atoms with Gasteiger partial charge < -0.3 is 5.73 Å². The zero-order valence-corrected chi connectivity index (χ0v) is 10.4. The summed E-state index contributed by atoms with van der Waals surface area (Å²) in [7, 11) is 0. The van der Waals surface area contributed by atoms with Crippen LogP contribution in [0.25, 0.3) is 0 Å². The van der Waals surface area contributed by atoms with E-state index in [0.29, 0.717) is 5.56 Å². The molecule has 0 bridgehead atoms. The summed E-state index contributed by atoms with van der Waals surface area (Å²) in [6.07, 6.45) is 1.77. The van der Waals surface area contributed by atoms with Gasteiger partial charge in [0.05, 0.1) is 0 Å². The Hall–Kier alpha value is -0.120. The van der Waals surface area contributed by atoms with E-state index in [0.717, 1.165) is 17.3 Å². The summed E-state index contributed by atoms with van der Waals surface area (Å²) in [5, 5.41) is 0. The monoisotopic (exact) mass is 281 g/mol. The van der Waals surface area contributed by atoms with Gasteiger partial charge in [-0.15, -0.1) is 12.4 Å². The summed E-state index contributed by atoms with van der Waals surface area (Å²) < 4.78 is 14.1. The number of halogens is 3. The van der Waals surface area contributed by atoms with Crippen LogP contribution in [-0.4, -0.2) is 0 Å². The quantitative estimate of drug-likeness (QED) is 0.896. The minimum Gasteiger partial charge on any atom is -0.324 e. The Morgan fingerprint density at radius 2 is 2.14 bits per heavy atom. The zero-order valence-electron chi connectivity index (χ0n) is 7.97. The molecule has 80 valence electrons. The second-order valence-electron chi connectivity index (χ2n) is 3.03. The maximum Gasteiger partial charge on any atom is 0.129 e. The van der Waals surface area contributed by atoms with Gasteiger partial charge in [-0.1, -0.05) is 35.3 Å². The highest BCUT2D eigenvalue weighted by molar-refractivity contribution is 9.10. The van der Waals surface area contributed by atoms with Crippen LogP contribution in [-0.2, 0) is 0 Å². The molecule has 14 heavy (non-hydrogen) atoms. The fourth-order valence-electron chi connectivity index (χ4n) is 1.32. The zero-order chi connectivity index (χ0) is 9.84. The van der Waals surface area contributed by atoms with Gasteiger partial charge in [-0.3, -0.25) is 0 Å². The first-order valence-electron chi connectivity index (χ1n) is 4.36. The molecule has 0 saturated carbocycles. The van der Waals surface area contributed by atoms with E-state index in [9.17, 15) is 4.39 Å². The molecule has 0 aliphatic carbocycles. The topological polar surface area (TPSA) is 26.0 Å². The molecule has 4 heteroatoms. The molecule has 1 rings (SSSR count). The van der Waals surface area contributed by atoms with Crippen molar-refractivity contribution in [2.24, 2.45) is 5.73 Å². The highest BCUT2D eigenvalue weighted by Gasteiger charge is 2.13. The first kappa shape index (κ1) is 13.9. The SMILES string of the molecule is CCC[C@H](N)c1c(F)cccc1Br.Cl. The Morgan fingerprint density at radius 3 is 2.64 bits per heavy atom. The smallest absolute Gasteiger partial charge is 0.129 e. The van der Waals surface area contributed by atoms with Crippen LogP contribution in [0, 0.1) is 5.82 Å². The molecule has 0 aromatic heterocycles. The van der Waals surface area contributed by atoms with Gasteiger partial charge in [0.1, 0.15) is 5.82 Å². The predicted molar refractivity (Wildman–Crippen MR) is 63.2 cm³/mol. The highest BCUT2D eigenvalue weighted by atomic mass is 79.9. The highest BCUT2D eigenvalue weighted by Crippen LogP contribution is 2.27. The summed E-state index contributed by atoms with van der Waals surface area (Å²) in [4.78, 5) is 0. The second-order valence-corrected chi connectivity index (χ2v) is 3.88. The van der Waals surface area contributed by atoms with Gasteiger partial charge in [0.25, 0.3) is 0 Å². The molecule has 0 aliphatic heterocycles. The van der Waals surface area contributed by atoms with Gasteiger partial charge in [-0.2, -0.15) is 0 Å². The van der Waals surface area contributed by atoms with Gasteiger partial charge in [-0.25, -0.2) is 4.39 Å².